The van der Waals surface area contributed by atoms with Gasteiger partial charge in [0.05, 0.1) is 21.3 Å². The topological polar surface area (TPSA) is 107 Å². The molecule has 3 atom stereocenters. The predicted octanol–water partition coefficient (Wildman–Crippen LogP) is 1.65. The summed E-state index contributed by atoms with van der Waals surface area (Å²) in [4.78, 5) is 33.6. The molecule has 22 heavy (non-hydrogen) atoms. The fourth-order valence-corrected chi connectivity index (χ4v) is 1.92. The van der Waals surface area contributed by atoms with Crippen LogP contribution in [-0.2, 0) is 28.4 Å². The van der Waals surface area contributed by atoms with Gasteiger partial charge in [0.25, 0.3) is 0 Å². The van der Waals surface area contributed by atoms with Crippen molar-refractivity contribution in [2.75, 3.05) is 27.9 Å². The van der Waals surface area contributed by atoms with Gasteiger partial charge in [-0.2, -0.15) is 0 Å². The predicted molar refractivity (Wildman–Crippen MR) is 70.2 cm³/mol. The highest BCUT2D eigenvalue weighted by atomic mass is 16.8. The number of carbonyl (C=O) groups excluding carboxylic acids is 3. The lowest BCUT2D eigenvalue weighted by Crippen LogP contribution is -2.38. The first-order valence-electron chi connectivity index (χ1n) is 6.38. The van der Waals surface area contributed by atoms with Crippen LogP contribution < -0.4 is 0 Å². The minimum Gasteiger partial charge on any atom is -0.438 e. The lowest BCUT2D eigenvalue weighted by molar-refractivity contribution is -0.0530. The molecule has 0 spiro atoms. The minimum atomic E-state index is -0.942. The summed E-state index contributed by atoms with van der Waals surface area (Å²) in [5, 5.41) is 0. The van der Waals surface area contributed by atoms with Crippen molar-refractivity contribution in [2.45, 2.75) is 18.6 Å². The van der Waals surface area contributed by atoms with Gasteiger partial charge in [-0.3, -0.25) is 0 Å². The van der Waals surface area contributed by atoms with Crippen molar-refractivity contribution < 1.29 is 42.8 Å². The summed E-state index contributed by atoms with van der Waals surface area (Å²) in [5.41, 5.74) is 0. The normalized spacial score (nSPS) is 20.7. The van der Waals surface area contributed by atoms with E-state index in [4.69, 9.17) is 14.2 Å². The van der Waals surface area contributed by atoms with E-state index in [9.17, 15) is 14.4 Å². The van der Waals surface area contributed by atoms with E-state index in [2.05, 4.69) is 14.2 Å². The van der Waals surface area contributed by atoms with Crippen LogP contribution in [0.2, 0.25) is 0 Å². The van der Waals surface area contributed by atoms with Crippen LogP contribution in [0.3, 0.4) is 0 Å². The number of methoxy groups -OCH3 is 3. The molecule has 0 aliphatic heterocycles. The Morgan fingerprint density at radius 3 is 2.27 bits per heavy atom. The molecule has 1 aliphatic carbocycles. The van der Waals surface area contributed by atoms with Crippen molar-refractivity contribution in [1.29, 1.82) is 0 Å². The molecule has 0 radical (unpaired) electrons. The second-order valence-corrected chi connectivity index (χ2v) is 4.24. The molecule has 0 fully saturated rings. The third kappa shape index (κ3) is 5.15. The van der Waals surface area contributed by atoms with E-state index in [1.807, 2.05) is 0 Å². The van der Waals surface area contributed by atoms with Crippen molar-refractivity contribution in [1.82, 2.24) is 0 Å². The number of carbonyl (C=O) groups is 3. The van der Waals surface area contributed by atoms with E-state index in [1.54, 1.807) is 12.2 Å². The van der Waals surface area contributed by atoms with Crippen molar-refractivity contribution in [2.24, 2.45) is 5.92 Å². The van der Waals surface area contributed by atoms with Crippen molar-refractivity contribution in [3.63, 3.8) is 0 Å². The molecule has 0 saturated heterocycles. The molecule has 0 bridgehead atoms. The van der Waals surface area contributed by atoms with Crippen molar-refractivity contribution >= 4 is 18.5 Å². The Bertz CT molecular complexity index is 431. The molecule has 0 amide bonds. The molecule has 0 aromatic rings. The average Bonchev–Trinajstić information content (AvgIpc) is 2.98. The van der Waals surface area contributed by atoms with Gasteiger partial charge in [0.15, 0.2) is 0 Å². The fraction of sp³-hybridized carbons (Fsp3) is 0.615. The van der Waals surface area contributed by atoms with Crippen LogP contribution in [0.25, 0.3) is 0 Å². The van der Waals surface area contributed by atoms with Gasteiger partial charge in [0.2, 0.25) is 0 Å². The summed E-state index contributed by atoms with van der Waals surface area (Å²) < 4.78 is 28.1. The molecule has 0 aromatic carbocycles. The zero-order valence-corrected chi connectivity index (χ0v) is 12.5. The van der Waals surface area contributed by atoms with E-state index < -0.39 is 36.6 Å². The molecule has 9 heteroatoms. The largest absolute Gasteiger partial charge is 0.508 e. The molecule has 0 heterocycles. The van der Waals surface area contributed by atoms with E-state index in [-0.39, 0.29) is 6.61 Å². The van der Waals surface area contributed by atoms with Crippen LogP contribution in [0.4, 0.5) is 14.4 Å². The van der Waals surface area contributed by atoms with E-state index >= 15 is 0 Å². The first-order valence-corrected chi connectivity index (χ1v) is 6.38. The Morgan fingerprint density at radius 1 is 1.05 bits per heavy atom. The molecular formula is C13H18O9. The second kappa shape index (κ2) is 8.75. The minimum absolute atomic E-state index is 0.269. The fourth-order valence-electron chi connectivity index (χ4n) is 1.92. The number of hydrogen-bond acceptors (Lipinski definition) is 9. The van der Waals surface area contributed by atoms with Crippen molar-refractivity contribution in [3.05, 3.63) is 12.2 Å². The Labute approximate surface area is 127 Å². The summed E-state index contributed by atoms with van der Waals surface area (Å²) in [6.45, 7) is -0.269. The Balaban J connectivity index is 2.72. The molecule has 1 rings (SSSR count). The third-order valence-electron chi connectivity index (χ3n) is 2.98. The number of ether oxygens (including phenoxy) is 6. The lowest BCUT2D eigenvalue weighted by atomic mass is 9.98. The van der Waals surface area contributed by atoms with Crippen LogP contribution in [0, 0.1) is 5.92 Å². The van der Waals surface area contributed by atoms with Crippen LogP contribution in [0.1, 0.15) is 6.42 Å². The average molecular weight is 318 g/mol. The summed E-state index contributed by atoms with van der Waals surface area (Å²) in [5.74, 6) is -0.442. The smallest absolute Gasteiger partial charge is 0.438 e. The maximum Gasteiger partial charge on any atom is 0.508 e. The van der Waals surface area contributed by atoms with Gasteiger partial charge in [-0.05, 0) is 12.5 Å². The van der Waals surface area contributed by atoms with Gasteiger partial charge in [0, 0.05) is 5.92 Å². The van der Waals surface area contributed by atoms with Gasteiger partial charge in [-0.25, -0.2) is 14.4 Å². The first kappa shape index (κ1) is 17.6. The zero-order chi connectivity index (χ0) is 16.5. The SMILES string of the molecule is COC(=O)OC[C@@H](OC(=O)OC)[C@H]1CC=C[C@H]1OC(=O)OC. The van der Waals surface area contributed by atoms with Crippen molar-refractivity contribution in [3.8, 4) is 0 Å². The monoisotopic (exact) mass is 318 g/mol. The molecule has 124 valence electrons. The van der Waals surface area contributed by atoms with E-state index in [0.717, 1.165) is 14.2 Å². The molecule has 1 aliphatic rings. The molecule has 0 unspecified atom stereocenters. The van der Waals surface area contributed by atoms with Gasteiger partial charge in [-0.1, -0.05) is 6.08 Å². The molecular weight excluding hydrogens is 300 g/mol. The maximum atomic E-state index is 11.3. The third-order valence-corrected chi connectivity index (χ3v) is 2.98. The number of allylic oxidation sites excluding steroid dienone is 1. The van der Waals surface area contributed by atoms with Gasteiger partial charge in [0.1, 0.15) is 18.8 Å². The first-order chi connectivity index (χ1) is 10.5. The highest BCUT2D eigenvalue weighted by Crippen LogP contribution is 2.28. The molecule has 0 N–H and O–H groups in total. The summed E-state index contributed by atoms with van der Waals surface area (Å²) in [7, 11) is 3.48. The van der Waals surface area contributed by atoms with E-state index in [1.165, 1.54) is 7.11 Å². The second-order valence-electron chi connectivity index (χ2n) is 4.24. The Morgan fingerprint density at radius 2 is 1.68 bits per heavy atom. The van der Waals surface area contributed by atoms with Gasteiger partial charge in [-0.15, -0.1) is 0 Å². The van der Waals surface area contributed by atoms with Crippen LogP contribution >= 0.6 is 0 Å². The lowest BCUT2D eigenvalue weighted by Gasteiger charge is -2.26. The Hall–Kier alpha value is -2.45. The standard InChI is InChI=1S/C13H18O9/c1-17-11(14)20-7-10(22-13(16)19-3)8-5-4-6-9(8)21-12(15)18-2/h4,6,8-10H,5,7H2,1-3H3/t8-,9+,10+/m0/s1. The highest BCUT2D eigenvalue weighted by Gasteiger charge is 2.37. The van der Waals surface area contributed by atoms with E-state index in [0.29, 0.717) is 6.42 Å². The van der Waals surface area contributed by atoms with Crippen LogP contribution in [0.15, 0.2) is 12.2 Å². The maximum absolute atomic E-state index is 11.3. The van der Waals surface area contributed by atoms with Crippen LogP contribution in [-0.4, -0.2) is 58.6 Å². The van der Waals surface area contributed by atoms with Crippen LogP contribution in [0.5, 0.6) is 0 Å². The molecule has 0 saturated carbocycles. The number of hydrogen-bond donors (Lipinski definition) is 0. The Kier molecular flexibility index (Phi) is 7.00. The molecule has 9 nitrogen and oxygen atoms in total. The summed E-state index contributed by atoms with van der Waals surface area (Å²) in [6.07, 6.45) is -0.450. The van der Waals surface area contributed by atoms with Gasteiger partial charge >= 0.3 is 18.5 Å². The highest BCUT2D eigenvalue weighted by molar-refractivity contribution is 5.61. The molecule has 0 aromatic heterocycles. The summed E-state index contributed by atoms with van der Waals surface area (Å²) in [6, 6.07) is 0. The summed E-state index contributed by atoms with van der Waals surface area (Å²) >= 11 is 0. The number of rotatable bonds is 5. The van der Waals surface area contributed by atoms with Gasteiger partial charge < -0.3 is 28.4 Å². The quantitative estimate of drug-likeness (QED) is 0.424. The zero-order valence-electron chi connectivity index (χ0n) is 12.5.